The lowest BCUT2D eigenvalue weighted by Gasteiger charge is -2.37. The van der Waals surface area contributed by atoms with Crippen LogP contribution in [0.5, 0.6) is 0 Å². The summed E-state index contributed by atoms with van der Waals surface area (Å²) in [5.41, 5.74) is 4.52. The Morgan fingerprint density at radius 2 is 1.70 bits per heavy atom. The second kappa shape index (κ2) is 8.15. The summed E-state index contributed by atoms with van der Waals surface area (Å²) >= 11 is 0. The molecule has 0 saturated carbocycles. The molecule has 0 aromatic heterocycles. The average Bonchev–Trinajstić information content (AvgIpc) is 2.79. The lowest BCUT2D eigenvalue weighted by atomic mass is 10.1. The Balaban J connectivity index is 2.23. The topological polar surface area (TPSA) is 29.5 Å². The molecule has 5 heteroatoms. The number of hydrogen-bond acceptors (Lipinski definition) is 3. The Kier molecular flexibility index (Phi) is 6.73. The molecule has 3 nitrogen and oxygen atoms in total. The summed E-state index contributed by atoms with van der Waals surface area (Å²) in [5, 5.41) is 0.149. The fourth-order valence-corrected chi connectivity index (χ4v) is 5.38. The third-order valence-corrected chi connectivity index (χ3v) is 11.4. The van der Waals surface area contributed by atoms with Crippen LogP contribution in [0.15, 0.2) is 41.6 Å². The normalized spacial score (nSPS) is 21.3. The number of hydrogen-bond donors (Lipinski definition) is 0. The number of likely N-dealkylation sites (tertiary alicyclic amines) is 1. The van der Waals surface area contributed by atoms with Crippen molar-refractivity contribution in [2.24, 2.45) is 0 Å². The van der Waals surface area contributed by atoms with E-state index < -0.39 is 16.4 Å². The van der Waals surface area contributed by atoms with Crippen LogP contribution in [-0.4, -0.2) is 46.3 Å². The van der Waals surface area contributed by atoms with E-state index in [4.69, 9.17) is 4.43 Å². The van der Waals surface area contributed by atoms with Gasteiger partial charge in [-0.2, -0.15) is 0 Å². The number of carbonyl (C=O) groups excluding carboxylic acids is 1. The van der Waals surface area contributed by atoms with E-state index in [1.807, 2.05) is 6.07 Å². The van der Waals surface area contributed by atoms with Crippen molar-refractivity contribution in [2.75, 3.05) is 13.2 Å². The Labute approximate surface area is 167 Å². The molecule has 0 bridgehead atoms. The zero-order valence-corrected chi connectivity index (χ0v) is 20.4. The minimum atomic E-state index is -1.88. The summed E-state index contributed by atoms with van der Waals surface area (Å²) in [6, 6.07) is 10.3. The van der Waals surface area contributed by atoms with Crippen molar-refractivity contribution in [1.29, 1.82) is 0 Å². The largest absolute Gasteiger partial charge is 0.415 e. The first-order valence-corrected chi connectivity index (χ1v) is 16.5. The van der Waals surface area contributed by atoms with Gasteiger partial charge in [-0.25, -0.2) is 0 Å². The van der Waals surface area contributed by atoms with Gasteiger partial charge >= 0.3 is 0 Å². The van der Waals surface area contributed by atoms with E-state index in [9.17, 15) is 4.79 Å². The Morgan fingerprint density at radius 1 is 1.11 bits per heavy atom. The molecule has 1 fully saturated rings. The minimum absolute atomic E-state index is 0.149. The maximum atomic E-state index is 13.2. The van der Waals surface area contributed by atoms with Crippen molar-refractivity contribution >= 4 is 22.2 Å². The summed E-state index contributed by atoms with van der Waals surface area (Å²) in [4.78, 5) is 15.5. The molecule has 1 aromatic carbocycles. The van der Waals surface area contributed by atoms with Crippen molar-refractivity contribution in [3.63, 3.8) is 0 Å². The highest BCUT2D eigenvalue weighted by atomic mass is 28.4. The predicted octanol–water partition coefficient (Wildman–Crippen LogP) is 5.27. The van der Waals surface area contributed by atoms with Crippen LogP contribution in [0.3, 0.4) is 0 Å². The zero-order valence-electron chi connectivity index (χ0n) is 18.4. The van der Waals surface area contributed by atoms with Crippen LogP contribution in [0.1, 0.15) is 26.3 Å². The van der Waals surface area contributed by atoms with Crippen molar-refractivity contribution in [1.82, 2.24) is 4.90 Å². The number of benzene rings is 1. The first-order valence-electron chi connectivity index (χ1n) is 9.98. The molecule has 0 amide bonds. The molecule has 0 aliphatic carbocycles. The van der Waals surface area contributed by atoms with Gasteiger partial charge in [0.25, 0.3) is 0 Å². The summed E-state index contributed by atoms with van der Waals surface area (Å²) in [7, 11) is -3.33. The molecule has 27 heavy (non-hydrogen) atoms. The number of carbonyl (C=O) groups is 1. The molecule has 0 N–H and O–H groups in total. The molecule has 2 rings (SSSR count). The van der Waals surface area contributed by atoms with Gasteiger partial charge in [-0.3, -0.25) is 9.69 Å². The summed E-state index contributed by atoms with van der Waals surface area (Å²) < 4.78 is 6.46. The highest BCUT2D eigenvalue weighted by Gasteiger charge is 2.42. The SMILES string of the molecule is CC(C)(C)[Si](C)(C)OC[C@H]1C(=O)/C(=C/[Si](C)(C)C)CN1Cc1ccccc1. The van der Waals surface area contributed by atoms with Gasteiger partial charge in [0.15, 0.2) is 14.1 Å². The molecule has 0 spiro atoms. The molecule has 150 valence electrons. The van der Waals surface area contributed by atoms with Gasteiger partial charge in [0.05, 0.1) is 20.7 Å². The van der Waals surface area contributed by atoms with Crippen LogP contribution < -0.4 is 0 Å². The molecule has 1 atom stereocenters. The van der Waals surface area contributed by atoms with Gasteiger partial charge in [0.1, 0.15) is 0 Å². The number of Topliss-reactive ketones (excluding diaryl/α,β-unsaturated/α-hetero) is 1. The van der Waals surface area contributed by atoms with Crippen LogP contribution in [0.25, 0.3) is 0 Å². The quantitative estimate of drug-likeness (QED) is 0.479. The molecular weight excluding hydrogens is 366 g/mol. The minimum Gasteiger partial charge on any atom is -0.415 e. The van der Waals surface area contributed by atoms with E-state index in [1.54, 1.807) is 0 Å². The van der Waals surface area contributed by atoms with Gasteiger partial charge in [-0.15, -0.1) is 0 Å². The predicted molar refractivity (Wildman–Crippen MR) is 120 cm³/mol. The van der Waals surface area contributed by atoms with E-state index in [-0.39, 0.29) is 16.9 Å². The third-order valence-electron chi connectivity index (χ3n) is 5.68. The molecular formula is C22H37NO2Si2. The van der Waals surface area contributed by atoms with Crippen LogP contribution in [0, 0.1) is 0 Å². The van der Waals surface area contributed by atoms with Gasteiger partial charge in [-0.05, 0) is 23.7 Å². The first-order chi connectivity index (χ1) is 12.3. The van der Waals surface area contributed by atoms with Crippen LogP contribution in [-0.2, 0) is 15.8 Å². The Hall–Kier alpha value is -1.02. The average molecular weight is 404 g/mol. The Morgan fingerprint density at radius 3 is 2.22 bits per heavy atom. The Bertz CT molecular complexity index is 685. The second-order valence-electron chi connectivity index (χ2n) is 10.4. The highest BCUT2D eigenvalue weighted by Crippen LogP contribution is 2.37. The molecule has 0 radical (unpaired) electrons. The van der Waals surface area contributed by atoms with Crippen molar-refractivity contribution in [3.05, 3.63) is 47.2 Å². The number of nitrogens with zero attached hydrogens (tertiary/aromatic N) is 1. The van der Waals surface area contributed by atoms with Crippen LogP contribution >= 0.6 is 0 Å². The monoisotopic (exact) mass is 403 g/mol. The summed E-state index contributed by atoms with van der Waals surface area (Å²) in [6.45, 7) is 20.1. The number of ketones is 1. The van der Waals surface area contributed by atoms with E-state index in [1.165, 1.54) is 5.56 Å². The van der Waals surface area contributed by atoms with Crippen LogP contribution in [0.4, 0.5) is 0 Å². The van der Waals surface area contributed by atoms with Gasteiger partial charge in [0, 0.05) is 18.7 Å². The summed E-state index contributed by atoms with van der Waals surface area (Å²) in [5.74, 6) is 0.270. The standard InChI is InChI=1S/C22H37NO2Si2/c1-22(2,3)27(7,8)25-16-20-21(24)19(17-26(4,5)6)15-23(20)14-18-12-10-9-11-13-18/h9-13,17,20H,14-16H2,1-8H3/b19-17+/t20-/m0/s1. The fraction of sp³-hybridized carbons (Fsp3) is 0.591. The molecule has 1 saturated heterocycles. The molecule has 1 aromatic rings. The molecule has 1 heterocycles. The lowest BCUT2D eigenvalue weighted by molar-refractivity contribution is -0.118. The molecule has 1 aliphatic rings. The van der Waals surface area contributed by atoms with Gasteiger partial charge < -0.3 is 4.43 Å². The smallest absolute Gasteiger partial charge is 0.192 e. The van der Waals surface area contributed by atoms with Gasteiger partial charge in [-0.1, -0.05) is 76.4 Å². The van der Waals surface area contributed by atoms with E-state index in [0.29, 0.717) is 6.61 Å². The van der Waals surface area contributed by atoms with E-state index in [2.05, 4.69) is 88.4 Å². The zero-order chi connectivity index (χ0) is 20.5. The number of rotatable bonds is 6. The third kappa shape index (κ3) is 5.98. The van der Waals surface area contributed by atoms with E-state index >= 15 is 0 Å². The van der Waals surface area contributed by atoms with Gasteiger partial charge in [0.2, 0.25) is 0 Å². The second-order valence-corrected chi connectivity index (χ2v) is 20.2. The van der Waals surface area contributed by atoms with Crippen molar-refractivity contribution in [3.8, 4) is 0 Å². The molecule has 1 aliphatic heterocycles. The van der Waals surface area contributed by atoms with Crippen molar-refractivity contribution < 1.29 is 9.22 Å². The fourth-order valence-electron chi connectivity index (χ4n) is 3.10. The molecule has 0 unspecified atom stereocenters. The first kappa shape index (κ1) is 22.3. The van der Waals surface area contributed by atoms with E-state index in [0.717, 1.165) is 18.7 Å². The van der Waals surface area contributed by atoms with Crippen LogP contribution in [0.2, 0.25) is 37.8 Å². The maximum absolute atomic E-state index is 13.2. The van der Waals surface area contributed by atoms with Crippen molar-refractivity contribution in [2.45, 2.75) is 71.1 Å². The highest BCUT2D eigenvalue weighted by molar-refractivity contribution is 6.81. The maximum Gasteiger partial charge on any atom is 0.192 e. The lowest BCUT2D eigenvalue weighted by Crippen LogP contribution is -2.46. The summed E-state index contributed by atoms with van der Waals surface area (Å²) in [6.07, 6.45) is 0.